The van der Waals surface area contributed by atoms with E-state index in [0.717, 1.165) is 16.5 Å². The number of ether oxygens (including phenoxy) is 2. The van der Waals surface area contributed by atoms with Gasteiger partial charge in [0.15, 0.2) is 0 Å². The summed E-state index contributed by atoms with van der Waals surface area (Å²) in [6.07, 6.45) is 0.00305. The molecule has 7 nitrogen and oxygen atoms in total. The van der Waals surface area contributed by atoms with Crippen LogP contribution < -0.4 is 15.0 Å². The molecule has 0 spiro atoms. The van der Waals surface area contributed by atoms with Gasteiger partial charge in [-0.05, 0) is 47.2 Å². The molecule has 28 heavy (non-hydrogen) atoms. The van der Waals surface area contributed by atoms with Crippen molar-refractivity contribution >= 4 is 27.6 Å². The van der Waals surface area contributed by atoms with Crippen LogP contribution in [0.5, 0.6) is 11.5 Å². The van der Waals surface area contributed by atoms with Crippen LogP contribution in [0.15, 0.2) is 65.5 Å². The molecule has 1 aromatic heterocycles. The minimum atomic E-state index is -0.455. The number of rotatable bonds is 5. The third-order valence-electron chi connectivity index (χ3n) is 4.41. The van der Waals surface area contributed by atoms with Gasteiger partial charge in [-0.2, -0.15) is 0 Å². The van der Waals surface area contributed by atoms with Crippen LogP contribution in [0.4, 0.5) is 0 Å². The summed E-state index contributed by atoms with van der Waals surface area (Å²) < 4.78 is 11.8. The van der Waals surface area contributed by atoms with Crippen molar-refractivity contribution in [2.24, 2.45) is 0 Å². The number of carbonyl (C=O) groups is 1. The van der Waals surface area contributed by atoms with Gasteiger partial charge < -0.3 is 9.47 Å². The first-order valence-corrected chi connectivity index (χ1v) is 8.75. The van der Waals surface area contributed by atoms with Crippen molar-refractivity contribution in [3.05, 3.63) is 71.0 Å². The van der Waals surface area contributed by atoms with Crippen LogP contribution in [0.25, 0.3) is 21.7 Å². The number of benzene rings is 3. The van der Waals surface area contributed by atoms with Gasteiger partial charge in [0, 0.05) is 0 Å². The number of methoxy groups -OCH3 is 1. The number of hydrogen-bond acceptors (Lipinski definition) is 6. The zero-order chi connectivity index (χ0) is 19.5. The monoisotopic (exact) mass is 375 g/mol. The quantitative estimate of drug-likeness (QED) is 0.394. The van der Waals surface area contributed by atoms with Gasteiger partial charge in [-0.25, -0.2) is 4.68 Å². The van der Waals surface area contributed by atoms with E-state index < -0.39 is 5.97 Å². The van der Waals surface area contributed by atoms with Crippen molar-refractivity contribution in [1.29, 1.82) is 0 Å². The lowest BCUT2D eigenvalue weighted by Crippen LogP contribution is -2.26. The Kier molecular flexibility index (Phi) is 4.72. The summed E-state index contributed by atoms with van der Waals surface area (Å²) in [7, 11) is 1.60. The van der Waals surface area contributed by atoms with Crippen LogP contribution in [-0.4, -0.2) is 28.1 Å². The van der Waals surface area contributed by atoms with E-state index in [0.29, 0.717) is 16.7 Å². The number of aromatic nitrogens is 3. The molecule has 7 heteroatoms. The predicted octanol–water partition coefficient (Wildman–Crippen LogP) is 2.95. The zero-order valence-electron chi connectivity index (χ0n) is 15.2. The second-order valence-electron chi connectivity index (χ2n) is 6.23. The molecule has 0 aliphatic carbocycles. The lowest BCUT2D eigenvalue weighted by Gasteiger charge is -2.08. The highest BCUT2D eigenvalue weighted by atomic mass is 16.5. The lowest BCUT2D eigenvalue weighted by molar-refractivity contribution is -0.134. The number of aryl methyl sites for hydroxylation is 1. The maximum absolute atomic E-state index is 12.4. The largest absolute Gasteiger partial charge is 0.497 e. The molecule has 4 rings (SSSR count). The molecule has 0 N–H and O–H groups in total. The molecule has 0 bridgehead atoms. The molecule has 0 radical (unpaired) electrons. The molecule has 4 aromatic rings. The average molecular weight is 375 g/mol. The van der Waals surface area contributed by atoms with Crippen molar-refractivity contribution in [3.8, 4) is 11.5 Å². The number of hydrogen-bond donors (Lipinski definition) is 0. The van der Waals surface area contributed by atoms with E-state index in [4.69, 9.17) is 9.47 Å². The fourth-order valence-corrected chi connectivity index (χ4v) is 2.94. The Hall–Kier alpha value is -3.74. The molecule has 0 saturated carbocycles. The van der Waals surface area contributed by atoms with Crippen molar-refractivity contribution in [2.75, 3.05) is 7.11 Å². The Bertz CT molecular complexity index is 1230. The summed E-state index contributed by atoms with van der Waals surface area (Å²) in [5, 5.41) is 10.3. The number of fused-ring (bicyclic) bond motifs is 2. The maximum atomic E-state index is 12.4. The minimum Gasteiger partial charge on any atom is -0.497 e. The highest BCUT2D eigenvalue weighted by molar-refractivity contribution is 5.86. The molecule has 0 amide bonds. The Morgan fingerprint density at radius 1 is 1.00 bits per heavy atom. The summed E-state index contributed by atoms with van der Waals surface area (Å²) in [5.74, 6) is 0.706. The molecule has 3 aromatic carbocycles. The maximum Gasteiger partial charge on any atom is 0.313 e. The van der Waals surface area contributed by atoms with Crippen molar-refractivity contribution in [3.63, 3.8) is 0 Å². The third kappa shape index (κ3) is 3.55. The van der Waals surface area contributed by atoms with Crippen molar-refractivity contribution < 1.29 is 14.3 Å². The number of carbonyl (C=O) groups excluding carboxylic acids is 1. The first-order valence-electron chi connectivity index (χ1n) is 8.75. The summed E-state index contributed by atoms with van der Waals surface area (Å²) >= 11 is 0. The Labute approximate surface area is 160 Å². The Balaban J connectivity index is 1.47. The fourth-order valence-electron chi connectivity index (χ4n) is 2.94. The second kappa shape index (κ2) is 7.48. The van der Waals surface area contributed by atoms with Gasteiger partial charge in [-0.3, -0.25) is 9.59 Å². The predicted molar refractivity (Wildman–Crippen MR) is 105 cm³/mol. The normalized spacial score (nSPS) is 10.9. The molecule has 0 saturated heterocycles. The molecular formula is C21H17N3O4. The smallest absolute Gasteiger partial charge is 0.313 e. The SMILES string of the molecule is COc1ccc2ccc(OC(=O)CCn3nnc4ccccc4c3=O)cc2c1. The van der Waals surface area contributed by atoms with Crippen LogP contribution in [0.2, 0.25) is 0 Å². The van der Waals surface area contributed by atoms with Crippen LogP contribution >= 0.6 is 0 Å². The highest BCUT2D eigenvalue weighted by Crippen LogP contribution is 2.25. The zero-order valence-corrected chi connectivity index (χ0v) is 15.2. The van der Waals surface area contributed by atoms with Gasteiger partial charge >= 0.3 is 5.97 Å². The van der Waals surface area contributed by atoms with E-state index in [-0.39, 0.29) is 18.5 Å². The molecule has 1 heterocycles. The first kappa shape index (κ1) is 17.7. The van der Waals surface area contributed by atoms with E-state index in [1.165, 1.54) is 4.68 Å². The van der Waals surface area contributed by atoms with Crippen LogP contribution in [0.1, 0.15) is 6.42 Å². The Morgan fingerprint density at radius 3 is 2.57 bits per heavy atom. The van der Waals surface area contributed by atoms with E-state index >= 15 is 0 Å². The van der Waals surface area contributed by atoms with Gasteiger partial charge in [0.05, 0.1) is 25.5 Å². The van der Waals surface area contributed by atoms with Gasteiger partial charge in [0.25, 0.3) is 5.56 Å². The van der Waals surface area contributed by atoms with Crippen molar-refractivity contribution in [1.82, 2.24) is 15.0 Å². The third-order valence-corrected chi connectivity index (χ3v) is 4.41. The molecule has 140 valence electrons. The highest BCUT2D eigenvalue weighted by Gasteiger charge is 2.10. The lowest BCUT2D eigenvalue weighted by atomic mass is 10.1. The van der Waals surface area contributed by atoms with Gasteiger partial charge in [-0.15, -0.1) is 5.10 Å². The first-order chi connectivity index (χ1) is 13.6. The molecule has 0 unspecified atom stereocenters. The summed E-state index contributed by atoms with van der Waals surface area (Å²) in [6, 6.07) is 18.0. The molecule has 0 atom stereocenters. The summed E-state index contributed by atoms with van der Waals surface area (Å²) in [5.41, 5.74) is 0.245. The Morgan fingerprint density at radius 2 is 1.75 bits per heavy atom. The summed E-state index contributed by atoms with van der Waals surface area (Å²) in [6.45, 7) is 0.0942. The van der Waals surface area contributed by atoms with Crippen molar-refractivity contribution in [2.45, 2.75) is 13.0 Å². The van der Waals surface area contributed by atoms with Gasteiger partial charge in [0.1, 0.15) is 17.0 Å². The van der Waals surface area contributed by atoms with E-state index in [9.17, 15) is 9.59 Å². The molecule has 0 aliphatic rings. The van der Waals surface area contributed by atoms with E-state index in [1.807, 2.05) is 24.3 Å². The standard InChI is InChI=1S/C21H17N3O4/c1-27-16-8-6-14-7-9-17(13-15(14)12-16)28-20(25)10-11-24-21(26)18-4-2-3-5-19(18)22-23-24/h2-9,12-13H,10-11H2,1H3. The van der Waals surface area contributed by atoms with Crippen LogP contribution in [0.3, 0.4) is 0 Å². The fraction of sp³-hybridized carbons (Fsp3) is 0.143. The van der Waals surface area contributed by atoms with Gasteiger partial charge in [-0.1, -0.05) is 29.5 Å². The van der Waals surface area contributed by atoms with Crippen LogP contribution in [-0.2, 0) is 11.3 Å². The second-order valence-corrected chi connectivity index (χ2v) is 6.23. The number of esters is 1. The summed E-state index contributed by atoms with van der Waals surface area (Å²) in [4.78, 5) is 24.6. The minimum absolute atomic E-state index is 0.00305. The molecular weight excluding hydrogens is 358 g/mol. The topological polar surface area (TPSA) is 83.3 Å². The number of nitrogens with zero attached hydrogens (tertiary/aromatic N) is 3. The molecule has 0 aliphatic heterocycles. The van der Waals surface area contributed by atoms with E-state index in [2.05, 4.69) is 10.3 Å². The van der Waals surface area contributed by atoms with Gasteiger partial charge in [0.2, 0.25) is 0 Å². The average Bonchev–Trinajstić information content (AvgIpc) is 2.73. The molecule has 0 fully saturated rings. The van der Waals surface area contributed by atoms with Crippen LogP contribution in [0, 0.1) is 0 Å². The van der Waals surface area contributed by atoms with E-state index in [1.54, 1.807) is 43.5 Å².